The molecule has 1 aliphatic heterocycles. The first kappa shape index (κ1) is 10.2. The summed E-state index contributed by atoms with van der Waals surface area (Å²) in [6.45, 7) is 5.47. The summed E-state index contributed by atoms with van der Waals surface area (Å²) in [4.78, 5) is 12.5. The summed E-state index contributed by atoms with van der Waals surface area (Å²) < 4.78 is 2.13. The first-order valence-corrected chi connectivity index (χ1v) is 8.72. The second kappa shape index (κ2) is 3.92. The molecule has 1 rings (SSSR count). The van der Waals surface area contributed by atoms with E-state index in [1.807, 2.05) is 0 Å². The van der Waals surface area contributed by atoms with Gasteiger partial charge in [-0.2, -0.15) is 0 Å². The van der Waals surface area contributed by atoms with Gasteiger partial charge in [-0.05, 0) is 12.8 Å². The second-order valence-corrected chi connectivity index (χ2v) is 10.1. The summed E-state index contributed by atoms with van der Waals surface area (Å²) in [5, 5.41) is 0. The van der Waals surface area contributed by atoms with Gasteiger partial charge < -0.3 is 4.57 Å². The van der Waals surface area contributed by atoms with E-state index in [2.05, 4.69) is 33.6 Å². The average molecular weight is 250 g/mol. The Bertz CT molecular complexity index is 184. The molecular formula is C8H16BrNOSi. The van der Waals surface area contributed by atoms with Gasteiger partial charge in [-0.15, -0.1) is 0 Å². The van der Waals surface area contributed by atoms with E-state index in [1.54, 1.807) is 0 Å². The minimum absolute atomic E-state index is 0.373. The van der Waals surface area contributed by atoms with Crippen LogP contribution < -0.4 is 0 Å². The maximum Gasteiger partial charge on any atom is 0.214 e. The lowest BCUT2D eigenvalue weighted by Gasteiger charge is -2.38. The minimum Gasteiger partial charge on any atom is -0.369 e. The zero-order chi connectivity index (χ0) is 9.19. The van der Waals surface area contributed by atoms with Crippen LogP contribution in [0, 0.1) is 0 Å². The van der Waals surface area contributed by atoms with Crippen LogP contribution in [0.15, 0.2) is 0 Å². The van der Waals surface area contributed by atoms with Crippen molar-refractivity contribution in [2.24, 2.45) is 0 Å². The quantitative estimate of drug-likeness (QED) is 0.543. The van der Waals surface area contributed by atoms with E-state index in [1.165, 1.54) is 6.42 Å². The van der Waals surface area contributed by atoms with Crippen molar-refractivity contribution in [1.29, 1.82) is 0 Å². The first-order valence-electron chi connectivity index (χ1n) is 4.44. The summed E-state index contributed by atoms with van der Waals surface area (Å²) in [5.74, 6) is 0.373. The molecule has 0 aliphatic carbocycles. The molecule has 12 heavy (non-hydrogen) atoms. The van der Waals surface area contributed by atoms with Gasteiger partial charge in [0.15, 0.2) is 8.24 Å². The predicted octanol–water partition coefficient (Wildman–Crippen LogP) is 2.14. The molecule has 0 aromatic carbocycles. The van der Waals surface area contributed by atoms with Crippen molar-refractivity contribution in [2.75, 3.05) is 11.5 Å². The van der Waals surface area contributed by atoms with E-state index in [4.69, 9.17) is 0 Å². The molecule has 1 saturated heterocycles. The van der Waals surface area contributed by atoms with Crippen LogP contribution >= 0.6 is 15.9 Å². The fraction of sp³-hybridized carbons (Fsp3) is 0.875. The molecule has 2 nitrogen and oxygen atoms in total. The monoisotopic (exact) mass is 249 g/mol. The highest BCUT2D eigenvalue weighted by Crippen LogP contribution is 2.20. The summed E-state index contributed by atoms with van der Waals surface area (Å²) in [7, 11) is -1.44. The lowest BCUT2D eigenvalue weighted by molar-refractivity contribution is -0.128. The molecule has 0 spiro atoms. The third-order valence-corrected chi connectivity index (χ3v) is 9.09. The van der Waals surface area contributed by atoms with Crippen LogP contribution in [0.25, 0.3) is 0 Å². The van der Waals surface area contributed by atoms with E-state index in [-0.39, 0.29) is 0 Å². The van der Waals surface area contributed by atoms with E-state index in [9.17, 15) is 4.79 Å². The number of carbonyl (C=O) groups is 1. The molecule has 0 unspecified atom stereocenters. The van der Waals surface area contributed by atoms with Crippen LogP contribution in [0.5, 0.6) is 0 Å². The van der Waals surface area contributed by atoms with Gasteiger partial charge in [0.2, 0.25) is 5.91 Å². The molecule has 1 amide bonds. The zero-order valence-corrected chi connectivity index (χ0v) is 10.4. The number of amides is 1. The normalized spacial score (nSPS) is 19.9. The molecule has 0 N–H and O–H groups in total. The van der Waals surface area contributed by atoms with Gasteiger partial charge in [-0.25, -0.2) is 0 Å². The molecule has 0 aromatic rings. The Labute approximate surface area is 83.5 Å². The number of carbonyl (C=O) groups excluding carboxylic acids is 1. The van der Waals surface area contributed by atoms with E-state index in [0.29, 0.717) is 5.91 Å². The highest BCUT2D eigenvalue weighted by Gasteiger charge is 2.33. The lowest BCUT2D eigenvalue weighted by Crippen LogP contribution is -2.55. The van der Waals surface area contributed by atoms with Crippen molar-refractivity contribution in [1.82, 2.24) is 4.57 Å². The summed E-state index contributed by atoms with van der Waals surface area (Å²) >= 11 is 3.50. The van der Waals surface area contributed by atoms with Crippen molar-refractivity contribution in [3.05, 3.63) is 0 Å². The number of halogens is 1. The fourth-order valence-corrected chi connectivity index (χ4v) is 4.12. The van der Waals surface area contributed by atoms with Gasteiger partial charge >= 0.3 is 0 Å². The predicted molar refractivity (Wildman–Crippen MR) is 56.8 cm³/mol. The van der Waals surface area contributed by atoms with Crippen molar-refractivity contribution >= 4 is 30.1 Å². The topological polar surface area (TPSA) is 20.3 Å². The van der Waals surface area contributed by atoms with Crippen molar-refractivity contribution in [2.45, 2.75) is 32.4 Å². The highest BCUT2D eigenvalue weighted by molar-refractivity contribution is 9.09. The molecule has 0 atom stereocenters. The van der Waals surface area contributed by atoms with E-state index in [0.717, 1.165) is 24.3 Å². The van der Waals surface area contributed by atoms with Crippen molar-refractivity contribution in [3.8, 4) is 0 Å². The Balaban J connectivity index is 2.65. The largest absolute Gasteiger partial charge is 0.369 e. The van der Waals surface area contributed by atoms with Gasteiger partial charge in [0.1, 0.15) is 0 Å². The van der Waals surface area contributed by atoms with Crippen LogP contribution in [0.4, 0.5) is 0 Å². The number of nitrogens with zero attached hydrogens (tertiary/aromatic N) is 1. The third kappa shape index (κ3) is 2.10. The van der Waals surface area contributed by atoms with Gasteiger partial charge in [-0.3, -0.25) is 4.79 Å². The molecule has 0 bridgehead atoms. The first-order chi connectivity index (χ1) is 5.58. The van der Waals surface area contributed by atoms with Gasteiger partial charge in [0.05, 0.1) is 0 Å². The molecule has 70 valence electrons. The minimum atomic E-state index is -1.44. The summed E-state index contributed by atoms with van der Waals surface area (Å²) in [5.41, 5.74) is 0. The Morgan fingerprint density at radius 3 is 2.67 bits per heavy atom. The standard InChI is InChI=1S/C8H16BrNOSi/c1-12(2,7-9)10-6-4-3-5-8(10)11/h3-7H2,1-2H3. The molecular weight excluding hydrogens is 234 g/mol. The van der Waals surface area contributed by atoms with Crippen LogP contribution in [0.3, 0.4) is 0 Å². The number of alkyl halides is 1. The van der Waals surface area contributed by atoms with Crippen LogP contribution in [-0.2, 0) is 4.79 Å². The zero-order valence-electron chi connectivity index (χ0n) is 7.77. The maximum atomic E-state index is 11.5. The van der Waals surface area contributed by atoms with Crippen molar-refractivity contribution in [3.63, 3.8) is 0 Å². The fourth-order valence-electron chi connectivity index (χ4n) is 1.52. The third-order valence-electron chi connectivity index (χ3n) is 2.38. The van der Waals surface area contributed by atoms with Crippen molar-refractivity contribution < 1.29 is 4.79 Å². The SMILES string of the molecule is C[Si](C)(CBr)N1CCCCC1=O. The Morgan fingerprint density at radius 1 is 1.50 bits per heavy atom. The van der Waals surface area contributed by atoms with Gasteiger partial charge in [0, 0.05) is 17.9 Å². The van der Waals surface area contributed by atoms with E-state index >= 15 is 0 Å². The number of hydrogen-bond acceptors (Lipinski definition) is 1. The average Bonchev–Trinajstić information content (AvgIpc) is 2.05. The Morgan fingerprint density at radius 2 is 2.17 bits per heavy atom. The Hall–Kier alpha value is 0.167. The number of rotatable bonds is 2. The van der Waals surface area contributed by atoms with E-state index < -0.39 is 8.24 Å². The molecule has 0 radical (unpaired) electrons. The number of piperidine rings is 1. The van der Waals surface area contributed by atoms with Crippen LogP contribution in [0.2, 0.25) is 13.1 Å². The van der Waals surface area contributed by atoms with Crippen LogP contribution in [-0.4, -0.2) is 30.2 Å². The Kier molecular flexibility index (Phi) is 3.35. The smallest absolute Gasteiger partial charge is 0.214 e. The summed E-state index contributed by atoms with van der Waals surface area (Å²) in [6.07, 6.45) is 3.04. The lowest BCUT2D eigenvalue weighted by atomic mass is 10.2. The highest BCUT2D eigenvalue weighted by atomic mass is 79.9. The summed E-state index contributed by atoms with van der Waals surface area (Å²) in [6, 6.07) is 0. The number of hydrogen-bond donors (Lipinski definition) is 0. The molecule has 1 aliphatic rings. The van der Waals surface area contributed by atoms with Gasteiger partial charge in [-0.1, -0.05) is 29.0 Å². The second-order valence-electron chi connectivity index (χ2n) is 3.95. The van der Waals surface area contributed by atoms with Gasteiger partial charge in [0.25, 0.3) is 0 Å². The molecule has 4 heteroatoms. The molecule has 0 aromatic heterocycles. The molecule has 1 heterocycles. The molecule has 1 fully saturated rings. The molecule has 0 saturated carbocycles. The maximum absolute atomic E-state index is 11.5. The van der Waals surface area contributed by atoms with Crippen LogP contribution in [0.1, 0.15) is 19.3 Å².